The lowest BCUT2D eigenvalue weighted by Crippen LogP contribution is -2.39. The molecular weight excluding hydrogens is 307 g/mol. The largest absolute Gasteiger partial charge is 0.479 e. The van der Waals surface area contributed by atoms with Crippen molar-refractivity contribution < 1.29 is 19.1 Å². The molecule has 1 aromatic heterocycles. The van der Waals surface area contributed by atoms with Crippen molar-refractivity contribution in [3.8, 4) is 0 Å². The average molecular weight is 317 g/mol. The molecule has 0 aliphatic carbocycles. The number of aliphatic carboxylic acids is 1. The van der Waals surface area contributed by atoms with E-state index < -0.39 is 24.1 Å². The molecule has 18 heavy (non-hydrogen) atoms. The zero-order chi connectivity index (χ0) is 13.3. The summed E-state index contributed by atoms with van der Waals surface area (Å²) in [7, 11) is 0. The van der Waals surface area contributed by atoms with Gasteiger partial charge in [-0.1, -0.05) is 0 Å². The van der Waals surface area contributed by atoms with E-state index in [9.17, 15) is 14.0 Å². The SMILES string of the molecule is O=C(c1ccncc1Br)N1CCC(F)(C(=O)O)C1. The number of amides is 1. The average Bonchev–Trinajstić information content (AvgIpc) is 2.73. The number of alkyl halides is 1. The van der Waals surface area contributed by atoms with Gasteiger partial charge in [-0.05, 0) is 22.0 Å². The van der Waals surface area contributed by atoms with E-state index in [1.165, 1.54) is 23.4 Å². The molecule has 1 atom stereocenters. The molecule has 0 radical (unpaired) electrons. The van der Waals surface area contributed by atoms with Gasteiger partial charge in [0, 0.05) is 29.8 Å². The highest BCUT2D eigenvalue weighted by Gasteiger charge is 2.47. The minimum atomic E-state index is -2.34. The molecule has 1 N–H and O–H groups in total. The minimum absolute atomic E-state index is 0.0936. The molecule has 1 fully saturated rings. The second-order valence-electron chi connectivity index (χ2n) is 4.10. The van der Waals surface area contributed by atoms with E-state index in [0.29, 0.717) is 10.0 Å². The number of carbonyl (C=O) groups excluding carboxylic acids is 1. The Morgan fingerprint density at radius 2 is 2.28 bits per heavy atom. The molecule has 2 rings (SSSR count). The van der Waals surface area contributed by atoms with Crippen LogP contribution in [-0.2, 0) is 4.79 Å². The summed E-state index contributed by atoms with van der Waals surface area (Å²) < 4.78 is 14.3. The number of nitrogens with zero attached hydrogens (tertiary/aromatic N) is 2. The van der Waals surface area contributed by atoms with Gasteiger partial charge in [-0.3, -0.25) is 9.78 Å². The monoisotopic (exact) mass is 316 g/mol. The van der Waals surface area contributed by atoms with E-state index in [1.54, 1.807) is 0 Å². The Morgan fingerprint density at radius 1 is 1.56 bits per heavy atom. The summed E-state index contributed by atoms with van der Waals surface area (Å²) in [5.41, 5.74) is -1.99. The number of aromatic nitrogens is 1. The van der Waals surface area contributed by atoms with Crippen LogP contribution in [0.25, 0.3) is 0 Å². The van der Waals surface area contributed by atoms with Gasteiger partial charge in [0.05, 0.1) is 12.1 Å². The van der Waals surface area contributed by atoms with Crippen LogP contribution < -0.4 is 0 Å². The lowest BCUT2D eigenvalue weighted by molar-refractivity contribution is -0.149. The third-order valence-corrected chi connectivity index (χ3v) is 3.52. The van der Waals surface area contributed by atoms with Crippen LogP contribution in [0.2, 0.25) is 0 Å². The van der Waals surface area contributed by atoms with Crippen molar-refractivity contribution in [3.63, 3.8) is 0 Å². The van der Waals surface area contributed by atoms with Gasteiger partial charge in [-0.15, -0.1) is 0 Å². The van der Waals surface area contributed by atoms with Gasteiger partial charge in [0.1, 0.15) is 0 Å². The van der Waals surface area contributed by atoms with Crippen molar-refractivity contribution in [2.24, 2.45) is 0 Å². The van der Waals surface area contributed by atoms with Crippen molar-refractivity contribution >= 4 is 27.8 Å². The number of halogens is 2. The predicted molar refractivity (Wildman–Crippen MR) is 63.9 cm³/mol. The number of likely N-dealkylation sites (tertiary alicyclic amines) is 1. The summed E-state index contributed by atoms with van der Waals surface area (Å²) in [6.07, 6.45) is 2.73. The molecule has 1 aliphatic heterocycles. The van der Waals surface area contributed by atoms with Gasteiger partial charge in [-0.2, -0.15) is 0 Å². The van der Waals surface area contributed by atoms with Gasteiger partial charge in [0.15, 0.2) is 0 Å². The molecule has 1 saturated heterocycles. The highest BCUT2D eigenvalue weighted by molar-refractivity contribution is 9.10. The highest BCUT2D eigenvalue weighted by atomic mass is 79.9. The van der Waals surface area contributed by atoms with Crippen molar-refractivity contribution in [2.75, 3.05) is 13.1 Å². The number of rotatable bonds is 2. The smallest absolute Gasteiger partial charge is 0.343 e. The summed E-state index contributed by atoms with van der Waals surface area (Å²) in [5.74, 6) is -1.92. The molecule has 7 heteroatoms. The van der Waals surface area contributed by atoms with Crippen molar-refractivity contribution in [1.82, 2.24) is 9.88 Å². The van der Waals surface area contributed by atoms with Crippen LogP contribution in [-0.4, -0.2) is 45.6 Å². The van der Waals surface area contributed by atoms with E-state index in [2.05, 4.69) is 20.9 Å². The molecule has 0 bridgehead atoms. The van der Waals surface area contributed by atoms with Gasteiger partial charge in [0.2, 0.25) is 5.67 Å². The first-order valence-electron chi connectivity index (χ1n) is 5.25. The number of hydrogen-bond donors (Lipinski definition) is 1. The highest BCUT2D eigenvalue weighted by Crippen LogP contribution is 2.28. The Labute approximate surface area is 111 Å². The molecule has 2 heterocycles. The molecule has 1 aromatic rings. The summed E-state index contributed by atoms with van der Waals surface area (Å²) in [5, 5.41) is 8.76. The van der Waals surface area contributed by atoms with Crippen LogP contribution in [0, 0.1) is 0 Å². The number of carbonyl (C=O) groups is 2. The molecule has 5 nitrogen and oxygen atoms in total. The van der Waals surface area contributed by atoms with Crippen molar-refractivity contribution in [2.45, 2.75) is 12.1 Å². The molecule has 0 saturated carbocycles. The Morgan fingerprint density at radius 3 is 2.83 bits per heavy atom. The maximum atomic E-state index is 13.8. The fourth-order valence-electron chi connectivity index (χ4n) is 1.84. The van der Waals surface area contributed by atoms with E-state index in [4.69, 9.17) is 5.11 Å². The van der Waals surface area contributed by atoms with E-state index in [-0.39, 0.29) is 13.0 Å². The van der Waals surface area contributed by atoms with Crippen LogP contribution in [0.5, 0.6) is 0 Å². The summed E-state index contributed by atoms with van der Waals surface area (Å²) >= 11 is 3.18. The zero-order valence-electron chi connectivity index (χ0n) is 9.27. The van der Waals surface area contributed by atoms with Crippen molar-refractivity contribution in [1.29, 1.82) is 0 Å². The summed E-state index contributed by atoms with van der Waals surface area (Å²) in [6.45, 7) is -0.327. The van der Waals surface area contributed by atoms with E-state index in [0.717, 1.165) is 0 Å². The summed E-state index contributed by atoms with van der Waals surface area (Å²) in [6, 6.07) is 1.51. The molecule has 0 aromatic carbocycles. The quantitative estimate of drug-likeness (QED) is 0.897. The molecule has 1 aliphatic rings. The van der Waals surface area contributed by atoms with Crippen LogP contribution in [0.15, 0.2) is 22.9 Å². The number of carboxylic acid groups (broad SMARTS) is 1. The number of pyridine rings is 1. The standard InChI is InChI=1S/C11H10BrFN2O3/c12-8-5-14-3-1-7(8)9(16)15-4-2-11(13,6-15)10(17)18/h1,3,5H,2,4,6H2,(H,17,18). The fraction of sp³-hybridized carbons (Fsp3) is 0.364. The first-order valence-corrected chi connectivity index (χ1v) is 6.04. The van der Waals surface area contributed by atoms with E-state index in [1.807, 2.05) is 0 Å². The van der Waals surface area contributed by atoms with Gasteiger partial charge < -0.3 is 10.0 Å². The van der Waals surface area contributed by atoms with Crippen molar-refractivity contribution in [3.05, 3.63) is 28.5 Å². The van der Waals surface area contributed by atoms with Gasteiger partial charge >= 0.3 is 5.97 Å². The van der Waals surface area contributed by atoms with Crippen LogP contribution >= 0.6 is 15.9 Å². The van der Waals surface area contributed by atoms with Gasteiger partial charge in [-0.25, -0.2) is 9.18 Å². The maximum Gasteiger partial charge on any atom is 0.343 e. The second kappa shape index (κ2) is 4.64. The Bertz CT molecular complexity index is 511. The normalized spacial score (nSPS) is 23.1. The minimum Gasteiger partial charge on any atom is -0.479 e. The second-order valence-corrected chi connectivity index (χ2v) is 4.96. The Balaban J connectivity index is 2.18. The molecular formula is C11H10BrFN2O3. The molecule has 0 spiro atoms. The molecule has 96 valence electrons. The third-order valence-electron chi connectivity index (χ3n) is 2.89. The zero-order valence-corrected chi connectivity index (χ0v) is 10.9. The van der Waals surface area contributed by atoms with Crippen LogP contribution in [0.3, 0.4) is 0 Å². The maximum absolute atomic E-state index is 13.8. The van der Waals surface area contributed by atoms with E-state index >= 15 is 0 Å². The molecule has 1 amide bonds. The lowest BCUT2D eigenvalue weighted by Gasteiger charge is -2.18. The first kappa shape index (κ1) is 12.9. The first-order chi connectivity index (χ1) is 8.44. The summed E-state index contributed by atoms with van der Waals surface area (Å²) in [4.78, 5) is 27.9. The number of carboxylic acids is 1. The van der Waals surface area contributed by atoms with Crippen LogP contribution in [0.1, 0.15) is 16.8 Å². The Hall–Kier alpha value is -1.50. The lowest BCUT2D eigenvalue weighted by atomic mass is 10.1. The third kappa shape index (κ3) is 2.22. The molecule has 1 unspecified atom stereocenters. The number of hydrogen-bond acceptors (Lipinski definition) is 3. The van der Waals surface area contributed by atoms with Crippen LogP contribution in [0.4, 0.5) is 4.39 Å². The Kier molecular flexibility index (Phi) is 3.34. The fourth-order valence-corrected chi connectivity index (χ4v) is 2.26. The topological polar surface area (TPSA) is 70.5 Å². The predicted octanol–water partition coefficient (Wildman–Crippen LogP) is 1.48. The van der Waals surface area contributed by atoms with Gasteiger partial charge in [0.25, 0.3) is 5.91 Å².